The summed E-state index contributed by atoms with van der Waals surface area (Å²) in [7, 11) is -1.65. The van der Waals surface area contributed by atoms with Gasteiger partial charge in [0, 0.05) is 33.3 Å². The molecule has 0 aliphatic carbocycles. The van der Waals surface area contributed by atoms with Crippen LogP contribution in [0.5, 0.6) is 0 Å². The van der Waals surface area contributed by atoms with E-state index in [1.807, 2.05) is 0 Å². The number of nitrogens with zero attached hydrogens (tertiary/aromatic N) is 1. The first-order chi connectivity index (χ1) is 8.85. The van der Waals surface area contributed by atoms with Crippen molar-refractivity contribution in [2.75, 3.05) is 39.5 Å². The molecule has 0 aromatic heterocycles. The molecule has 19 heavy (non-hydrogen) atoms. The minimum atomic E-state index is -3.16. The molecular formula is C11H25N3O4S. The monoisotopic (exact) mass is 295 g/mol. The van der Waals surface area contributed by atoms with Crippen LogP contribution in [-0.4, -0.2) is 64.3 Å². The highest BCUT2D eigenvalue weighted by Gasteiger charge is 2.14. The van der Waals surface area contributed by atoms with Crippen LogP contribution in [0.15, 0.2) is 0 Å². The fraction of sp³-hybridized carbons (Fsp3) is 0.909. The zero-order chi connectivity index (χ0) is 14.9. The highest BCUT2D eigenvalue weighted by atomic mass is 32.2. The standard InChI is InChI=1S/C11H25N3O4S/c1-4-14(19(3,16)17)7-5-6-13-11(15)8-10(9-12)18-2/h10H,4-9,12H2,1-3H3,(H,13,15). The van der Waals surface area contributed by atoms with Gasteiger partial charge in [-0.2, -0.15) is 0 Å². The minimum absolute atomic E-state index is 0.139. The summed E-state index contributed by atoms with van der Waals surface area (Å²) in [6, 6.07) is 0. The Bertz CT molecular complexity index is 355. The van der Waals surface area contributed by atoms with Gasteiger partial charge in [0.25, 0.3) is 0 Å². The third-order valence-corrected chi connectivity index (χ3v) is 4.12. The highest BCUT2D eigenvalue weighted by Crippen LogP contribution is 1.99. The van der Waals surface area contributed by atoms with E-state index in [0.29, 0.717) is 32.6 Å². The molecular weight excluding hydrogens is 270 g/mol. The Balaban J connectivity index is 3.88. The summed E-state index contributed by atoms with van der Waals surface area (Å²) in [6.45, 7) is 3.35. The summed E-state index contributed by atoms with van der Waals surface area (Å²) in [5.41, 5.74) is 5.41. The number of carbonyl (C=O) groups excluding carboxylic acids is 1. The van der Waals surface area contributed by atoms with Gasteiger partial charge in [0.05, 0.1) is 18.8 Å². The van der Waals surface area contributed by atoms with Gasteiger partial charge >= 0.3 is 0 Å². The van der Waals surface area contributed by atoms with Gasteiger partial charge in [-0.25, -0.2) is 12.7 Å². The molecule has 0 aliphatic heterocycles. The van der Waals surface area contributed by atoms with Gasteiger partial charge in [-0.1, -0.05) is 6.92 Å². The number of sulfonamides is 1. The number of rotatable bonds is 10. The van der Waals surface area contributed by atoms with Crippen LogP contribution in [-0.2, 0) is 19.6 Å². The average Bonchev–Trinajstić information content (AvgIpc) is 2.34. The molecule has 0 spiro atoms. The number of nitrogens with one attached hydrogen (secondary N) is 1. The second kappa shape index (κ2) is 9.24. The van der Waals surface area contributed by atoms with Crippen LogP contribution in [0, 0.1) is 0 Å². The molecule has 1 atom stereocenters. The van der Waals surface area contributed by atoms with E-state index in [4.69, 9.17) is 10.5 Å². The Morgan fingerprint density at radius 1 is 1.47 bits per heavy atom. The lowest BCUT2D eigenvalue weighted by atomic mass is 10.2. The number of amides is 1. The molecule has 0 radical (unpaired) electrons. The van der Waals surface area contributed by atoms with Crippen molar-refractivity contribution in [3.8, 4) is 0 Å². The molecule has 8 heteroatoms. The molecule has 0 fully saturated rings. The molecule has 0 rings (SSSR count). The van der Waals surface area contributed by atoms with Gasteiger partial charge in [-0.15, -0.1) is 0 Å². The first-order valence-corrected chi connectivity index (χ1v) is 8.14. The van der Waals surface area contributed by atoms with E-state index in [1.165, 1.54) is 17.7 Å². The number of hydrogen-bond donors (Lipinski definition) is 2. The van der Waals surface area contributed by atoms with Crippen LogP contribution in [0.4, 0.5) is 0 Å². The Hall–Kier alpha value is -0.700. The summed E-state index contributed by atoms with van der Waals surface area (Å²) < 4.78 is 29.0. The first kappa shape index (κ1) is 18.3. The van der Waals surface area contributed by atoms with Crippen LogP contribution in [0.2, 0.25) is 0 Å². The van der Waals surface area contributed by atoms with Gasteiger partial charge in [-0.3, -0.25) is 4.79 Å². The molecule has 1 unspecified atom stereocenters. The van der Waals surface area contributed by atoms with Gasteiger partial charge in [-0.05, 0) is 6.42 Å². The quantitative estimate of drug-likeness (QED) is 0.511. The fourth-order valence-electron chi connectivity index (χ4n) is 1.58. The lowest BCUT2D eigenvalue weighted by Gasteiger charge is -2.18. The lowest BCUT2D eigenvalue weighted by Crippen LogP contribution is -2.35. The molecule has 3 N–H and O–H groups in total. The van der Waals surface area contributed by atoms with Crippen molar-refractivity contribution in [3.05, 3.63) is 0 Å². The van der Waals surface area contributed by atoms with Crippen molar-refractivity contribution >= 4 is 15.9 Å². The van der Waals surface area contributed by atoms with Crippen molar-refractivity contribution in [1.82, 2.24) is 9.62 Å². The highest BCUT2D eigenvalue weighted by molar-refractivity contribution is 7.88. The molecule has 0 aliphatic rings. The predicted octanol–water partition coefficient (Wildman–Crippen LogP) is -0.862. The van der Waals surface area contributed by atoms with E-state index in [-0.39, 0.29) is 18.4 Å². The molecule has 0 aromatic carbocycles. The number of ether oxygens (including phenoxy) is 1. The molecule has 0 aromatic rings. The zero-order valence-electron chi connectivity index (χ0n) is 11.9. The molecule has 0 saturated carbocycles. The lowest BCUT2D eigenvalue weighted by molar-refractivity contribution is -0.123. The van der Waals surface area contributed by atoms with Crippen molar-refractivity contribution in [1.29, 1.82) is 0 Å². The van der Waals surface area contributed by atoms with Crippen LogP contribution >= 0.6 is 0 Å². The van der Waals surface area contributed by atoms with Crippen LogP contribution < -0.4 is 11.1 Å². The third-order valence-electron chi connectivity index (χ3n) is 2.74. The topological polar surface area (TPSA) is 102 Å². The van der Waals surface area contributed by atoms with E-state index < -0.39 is 10.0 Å². The van der Waals surface area contributed by atoms with Crippen molar-refractivity contribution in [2.24, 2.45) is 5.73 Å². The first-order valence-electron chi connectivity index (χ1n) is 6.29. The molecule has 7 nitrogen and oxygen atoms in total. The van der Waals surface area contributed by atoms with E-state index in [9.17, 15) is 13.2 Å². The number of hydrogen-bond acceptors (Lipinski definition) is 5. The molecule has 0 heterocycles. The predicted molar refractivity (Wildman–Crippen MR) is 74.2 cm³/mol. The maximum absolute atomic E-state index is 11.5. The van der Waals surface area contributed by atoms with E-state index >= 15 is 0 Å². The summed E-state index contributed by atoms with van der Waals surface area (Å²) in [5, 5.41) is 2.72. The smallest absolute Gasteiger partial charge is 0.222 e. The van der Waals surface area contributed by atoms with Crippen LogP contribution in [0.3, 0.4) is 0 Å². The summed E-state index contributed by atoms with van der Waals surface area (Å²) >= 11 is 0. The Morgan fingerprint density at radius 2 is 2.11 bits per heavy atom. The fourth-order valence-corrected chi connectivity index (χ4v) is 2.51. The SMILES string of the molecule is CCN(CCCNC(=O)CC(CN)OC)S(C)(=O)=O. The Morgan fingerprint density at radius 3 is 2.53 bits per heavy atom. The normalized spacial score (nSPS) is 13.5. The molecule has 114 valence electrons. The van der Waals surface area contributed by atoms with E-state index in [1.54, 1.807) is 6.92 Å². The maximum atomic E-state index is 11.5. The van der Waals surface area contributed by atoms with Crippen molar-refractivity contribution < 1.29 is 17.9 Å². The molecule has 0 bridgehead atoms. The summed E-state index contributed by atoms with van der Waals surface area (Å²) in [5.74, 6) is -0.139. The van der Waals surface area contributed by atoms with E-state index in [0.717, 1.165) is 0 Å². The molecule has 1 amide bonds. The summed E-state index contributed by atoms with van der Waals surface area (Å²) in [4.78, 5) is 11.5. The van der Waals surface area contributed by atoms with Crippen LogP contribution in [0.25, 0.3) is 0 Å². The van der Waals surface area contributed by atoms with Gasteiger partial charge < -0.3 is 15.8 Å². The van der Waals surface area contributed by atoms with Crippen molar-refractivity contribution in [2.45, 2.75) is 25.9 Å². The number of nitrogens with two attached hydrogens (primary N) is 1. The number of methoxy groups -OCH3 is 1. The minimum Gasteiger partial charge on any atom is -0.380 e. The van der Waals surface area contributed by atoms with Gasteiger partial charge in [0.2, 0.25) is 15.9 Å². The second-order valence-electron chi connectivity index (χ2n) is 4.26. The van der Waals surface area contributed by atoms with Gasteiger partial charge in [0.1, 0.15) is 0 Å². The Labute approximate surface area is 115 Å². The number of carbonyl (C=O) groups is 1. The van der Waals surface area contributed by atoms with Gasteiger partial charge in [0.15, 0.2) is 0 Å². The maximum Gasteiger partial charge on any atom is 0.222 e. The second-order valence-corrected chi connectivity index (χ2v) is 6.24. The van der Waals surface area contributed by atoms with E-state index in [2.05, 4.69) is 5.32 Å². The largest absolute Gasteiger partial charge is 0.380 e. The molecule has 0 saturated heterocycles. The zero-order valence-corrected chi connectivity index (χ0v) is 12.7. The Kier molecular flexibility index (Phi) is 8.90. The van der Waals surface area contributed by atoms with Crippen LogP contribution in [0.1, 0.15) is 19.8 Å². The van der Waals surface area contributed by atoms with Crippen molar-refractivity contribution in [3.63, 3.8) is 0 Å². The average molecular weight is 295 g/mol. The third kappa shape index (κ3) is 8.14. The summed E-state index contributed by atoms with van der Waals surface area (Å²) in [6.07, 6.45) is 1.70.